The first-order valence-corrected chi connectivity index (χ1v) is 37.8. The molecule has 17 atom stereocenters. The van der Waals surface area contributed by atoms with Gasteiger partial charge < -0.3 is 89.9 Å². The SMILES string of the molecule is CCCCCCCCCCCCCCCCCCCCCCCCCCCCCCCCCCCCCCCCC(=O)NC(COC1OC(CO)C(OC2OC(CO)C(OC3OC(CO)C(O)C(O)C3O)C(O)C2O)C(O)C1O)C(O)CCCCCCCCCC. The van der Waals surface area contributed by atoms with Gasteiger partial charge in [-0.1, -0.05) is 303 Å². The van der Waals surface area contributed by atoms with Crippen molar-refractivity contribution in [1.82, 2.24) is 5.32 Å². The number of rotatable bonds is 60. The summed E-state index contributed by atoms with van der Waals surface area (Å²) < 4.78 is 34.3. The van der Waals surface area contributed by atoms with Gasteiger partial charge in [0.15, 0.2) is 18.9 Å². The molecule has 3 aliphatic rings. The fraction of sp³-hybridized carbons (Fsp3) is 0.986. The zero-order valence-corrected chi connectivity index (χ0v) is 57.4. The van der Waals surface area contributed by atoms with E-state index in [-0.39, 0.29) is 18.9 Å². The number of unbranched alkanes of at least 4 members (excludes halogenated alkanes) is 44. The molecular weight excluding hydrogens is 1170 g/mol. The van der Waals surface area contributed by atoms with Crippen LogP contribution in [0.3, 0.4) is 0 Å². The molecule has 12 N–H and O–H groups in total. The van der Waals surface area contributed by atoms with Gasteiger partial charge in [-0.3, -0.25) is 4.79 Å². The normalized spacial score (nSPS) is 27.8. The Morgan fingerprint density at radius 2 is 0.626 bits per heavy atom. The van der Waals surface area contributed by atoms with Gasteiger partial charge in [0.2, 0.25) is 5.91 Å². The third kappa shape index (κ3) is 36.3. The van der Waals surface area contributed by atoms with Crippen molar-refractivity contribution >= 4 is 5.91 Å². The third-order valence-electron chi connectivity index (χ3n) is 19.4. The Morgan fingerprint density at radius 3 is 0.956 bits per heavy atom. The second-order valence-corrected chi connectivity index (χ2v) is 27.5. The molecule has 1 amide bonds. The van der Waals surface area contributed by atoms with Crippen LogP contribution in [0, 0.1) is 0 Å². The van der Waals surface area contributed by atoms with Crippen molar-refractivity contribution in [2.45, 2.75) is 426 Å². The van der Waals surface area contributed by atoms with Gasteiger partial charge in [-0.15, -0.1) is 0 Å². The predicted molar refractivity (Wildman–Crippen MR) is 356 cm³/mol. The lowest BCUT2D eigenvalue weighted by Crippen LogP contribution is -2.66. The second kappa shape index (κ2) is 54.8. The number of amides is 1. The van der Waals surface area contributed by atoms with Gasteiger partial charge in [-0.05, 0) is 12.8 Å². The first kappa shape index (κ1) is 84.0. The first-order chi connectivity index (χ1) is 44.3. The van der Waals surface area contributed by atoms with Gasteiger partial charge in [0, 0.05) is 6.42 Å². The van der Waals surface area contributed by atoms with Gasteiger partial charge in [-0.25, -0.2) is 0 Å². The van der Waals surface area contributed by atoms with Crippen molar-refractivity contribution in [3.8, 4) is 0 Å². The number of aliphatic hydroxyl groups is 11. The molecule has 91 heavy (non-hydrogen) atoms. The van der Waals surface area contributed by atoms with Crippen molar-refractivity contribution in [2.75, 3.05) is 26.4 Å². The minimum Gasteiger partial charge on any atom is -0.394 e. The summed E-state index contributed by atoms with van der Waals surface area (Å²) in [7, 11) is 0. The Bertz CT molecular complexity index is 1650. The fourth-order valence-electron chi connectivity index (χ4n) is 13.3. The van der Waals surface area contributed by atoms with E-state index in [0.29, 0.717) is 12.8 Å². The number of aliphatic hydroxyl groups excluding tert-OH is 11. The van der Waals surface area contributed by atoms with Gasteiger partial charge in [-0.2, -0.15) is 0 Å². The van der Waals surface area contributed by atoms with Crippen molar-refractivity contribution < 1.29 is 89.4 Å². The van der Waals surface area contributed by atoms with E-state index in [4.69, 9.17) is 28.4 Å². The Hall–Kier alpha value is -1.21. The summed E-state index contributed by atoms with van der Waals surface area (Å²) in [5.74, 6) is -0.239. The lowest BCUT2D eigenvalue weighted by atomic mass is 9.96. The van der Waals surface area contributed by atoms with Crippen LogP contribution in [0.1, 0.15) is 322 Å². The van der Waals surface area contributed by atoms with Crippen LogP contribution < -0.4 is 5.32 Å². The Kier molecular flexibility index (Phi) is 50.6. The first-order valence-electron chi connectivity index (χ1n) is 37.8. The maximum atomic E-state index is 13.4. The molecule has 540 valence electrons. The number of hydrogen-bond acceptors (Lipinski definition) is 18. The standard InChI is InChI=1S/C72H139NO18/c1-3-5-7-9-11-13-14-15-16-17-18-19-20-21-22-23-24-25-26-27-28-29-30-31-32-33-34-35-36-37-38-39-40-41-42-44-46-48-50-60(78)73-55(56(77)49-47-45-43-12-10-8-6-4-2)54-86-70-66(84)63(81)68(58(52-75)88-70)91-72-67(85)64(82)69(59(53-76)89-72)90-71-65(83)62(80)61(79)57(51-74)87-71/h55-59,61-72,74-77,79-85H,3-54H2,1-2H3,(H,73,78). The van der Waals surface area contributed by atoms with Gasteiger partial charge >= 0.3 is 0 Å². The van der Waals surface area contributed by atoms with Crippen LogP contribution in [-0.4, -0.2) is 193 Å². The highest BCUT2D eigenvalue weighted by atomic mass is 16.8. The molecule has 0 bridgehead atoms. The van der Waals surface area contributed by atoms with Crippen molar-refractivity contribution in [3.63, 3.8) is 0 Å². The van der Waals surface area contributed by atoms with E-state index in [9.17, 15) is 61.0 Å². The van der Waals surface area contributed by atoms with Crippen molar-refractivity contribution in [3.05, 3.63) is 0 Å². The fourth-order valence-corrected chi connectivity index (χ4v) is 13.3. The molecule has 3 aliphatic heterocycles. The van der Waals surface area contributed by atoms with E-state index in [1.165, 1.54) is 244 Å². The Balaban J connectivity index is 1.24. The van der Waals surface area contributed by atoms with Gasteiger partial charge in [0.25, 0.3) is 0 Å². The number of hydrogen-bond donors (Lipinski definition) is 12. The van der Waals surface area contributed by atoms with Crippen LogP contribution in [-0.2, 0) is 33.2 Å². The smallest absolute Gasteiger partial charge is 0.220 e. The van der Waals surface area contributed by atoms with E-state index >= 15 is 0 Å². The predicted octanol–water partition coefficient (Wildman–Crippen LogP) is 11.1. The number of carbonyl (C=O) groups excluding carboxylic acids is 1. The molecule has 19 nitrogen and oxygen atoms in total. The number of ether oxygens (including phenoxy) is 6. The van der Waals surface area contributed by atoms with Crippen LogP contribution in [0.5, 0.6) is 0 Å². The molecule has 3 saturated heterocycles. The van der Waals surface area contributed by atoms with E-state index in [0.717, 1.165) is 44.9 Å². The van der Waals surface area contributed by atoms with Gasteiger partial charge in [0.05, 0.1) is 38.6 Å². The largest absolute Gasteiger partial charge is 0.394 e. The average Bonchev–Trinajstić information content (AvgIpc) is 0.878. The van der Waals surface area contributed by atoms with E-state index in [1.807, 2.05) is 0 Å². The lowest BCUT2D eigenvalue weighted by molar-refractivity contribution is -0.379. The Morgan fingerprint density at radius 1 is 0.352 bits per heavy atom. The molecule has 0 aromatic heterocycles. The molecule has 0 spiro atoms. The third-order valence-corrected chi connectivity index (χ3v) is 19.4. The highest BCUT2D eigenvalue weighted by Gasteiger charge is 2.53. The maximum absolute atomic E-state index is 13.4. The molecule has 3 heterocycles. The number of carbonyl (C=O) groups is 1. The lowest BCUT2D eigenvalue weighted by Gasteiger charge is -2.48. The van der Waals surface area contributed by atoms with Crippen LogP contribution in [0.4, 0.5) is 0 Å². The van der Waals surface area contributed by atoms with E-state index in [1.54, 1.807) is 0 Å². The molecular formula is C72H139NO18. The summed E-state index contributed by atoms with van der Waals surface area (Å²) in [6.45, 7) is 1.79. The minimum absolute atomic E-state index is 0.239. The Labute approximate surface area is 551 Å². The summed E-state index contributed by atoms with van der Waals surface area (Å²) in [6.07, 6.45) is 34.2. The molecule has 3 rings (SSSR count). The minimum atomic E-state index is -1.97. The van der Waals surface area contributed by atoms with Crippen LogP contribution in [0.2, 0.25) is 0 Å². The maximum Gasteiger partial charge on any atom is 0.220 e. The zero-order valence-electron chi connectivity index (χ0n) is 57.4. The molecule has 0 aliphatic carbocycles. The summed E-state index contributed by atoms with van der Waals surface area (Å²) in [5.41, 5.74) is 0. The second-order valence-electron chi connectivity index (χ2n) is 27.5. The molecule has 3 fully saturated rings. The number of nitrogens with one attached hydrogen (secondary N) is 1. The summed E-state index contributed by atoms with van der Waals surface area (Å²) in [4.78, 5) is 13.4. The molecule has 0 aromatic rings. The monoisotopic (exact) mass is 1310 g/mol. The quantitative estimate of drug-likeness (QED) is 0.0252. The molecule has 19 heteroatoms. The van der Waals surface area contributed by atoms with Crippen LogP contribution in [0.15, 0.2) is 0 Å². The van der Waals surface area contributed by atoms with Crippen LogP contribution in [0.25, 0.3) is 0 Å². The topological polar surface area (TPSA) is 307 Å². The highest BCUT2D eigenvalue weighted by molar-refractivity contribution is 5.76. The van der Waals surface area contributed by atoms with Crippen molar-refractivity contribution in [2.24, 2.45) is 0 Å². The highest BCUT2D eigenvalue weighted by Crippen LogP contribution is 2.33. The van der Waals surface area contributed by atoms with E-state index < -0.39 is 124 Å². The molecule has 0 radical (unpaired) electrons. The van der Waals surface area contributed by atoms with Crippen molar-refractivity contribution in [1.29, 1.82) is 0 Å². The van der Waals surface area contributed by atoms with Crippen LogP contribution >= 0.6 is 0 Å². The van der Waals surface area contributed by atoms with E-state index in [2.05, 4.69) is 19.2 Å². The average molecular weight is 1310 g/mol. The molecule has 0 aromatic carbocycles. The summed E-state index contributed by atoms with van der Waals surface area (Å²) in [5, 5.41) is 120. The zero-order chi connectivity index (χ0) is 66.1. The summed E-state index contributed by atoms with van der Waals surface area (Å²) >= 11 is 0. The summed E-state index contributed by atoms with van der Waals surface area (Å²) in [6, 6.07) is -0.880. The van der Waals surface area contributed by atoms with Gasteiger partial charge in [0.1, 0.15) is 73.2 Å². The molecule has 0 saturated carbocycles. The molecule has 17 unspecified atom stereocenters.